The van der Waals surface area contributed by atoms with Crippen LogP contribution >= 0.6 is 0 Å². The van der Waals surface area contributed by atoms with Gasteiger partial charge in [0.05, 0.1) is 18.1 Å². The van der Waals surface area contributed by atoms with Crippen LogP contribution in [0.1, 0.15) is 25.7 Å². The maximum Gasteiger partial charge on any atom is 0.328 e. The van der Waals surface area contributed by atoms with Crippen molar-refractivity contribution in [1.82, 2.24) is 23.8 Å². The number of aryl methyl sites for hydroxylation is 2. The van der Waals surface area contributed by atoms with Gasteiger partial charge < -0.3 is 14.5 Å². The quantitative estimate of drug-likeness (QED) is 0.576. The molecule has 1 aromatic carbocycles. The number of aromatic nitrogens is 4. The summed E-state index contributed by atoms with van der Waals surface area (Å²) in [5.41, 5.74) is 1.84. The molecule has 9 nitrogen and oxygen atoms in total. The first-order chi connectivity index (χ1) is 16.4. The zero-order valence-electron chi connectivity index (χ0n) is 20.3. The van der Waals surface area contributed by atoms with E-state index in [1.807, 2.05) is 58.7 Å². The number of imidazole rings is 1. The van der Waals surface area contributed by atoms with Gasteiger partial charge >= 0.3 is 5.69 Å². The van der Waals surface area contributed by atoms with E-state index in [9.17, 15) is 9.59 Å². The number of hydrogen-bond acceptors (Lipinski definition) is 5. The van der Waals surface area contributed by atoms with Crippen LogP contribution in [-0.2, 0) is 25.4 Å². The minimum absolute atomic E-state index is 0.00669. The highest BCUT2D eigenvalue weighted by Gasteiger charge is 2.32. The molecule has 1 aliphatic heterocycles. The summed E-state index contributed by atoms with van der Waals surface area (Å²) in [7, 11) is 5.38. The van der Waals surface area contributed by atoms with Gasteiger partial charge in [-0.1, -0.05) is 0 Å². The van der Waals surface area contributed by atoms with Crippen molar-refractivity contribution in [3.63, 3.8) is 0 Å². The van der Waals surface area contributed by atoms with E-state index in [-0.39, 0.29) is 11.6 Å². The molecule has 1 saturated carbocycles. The zero-order valence-corrected chi connectivity index (χ0v) is 20.3. The van der Waals surface area contributed by atoms with Gasteiger partial charge in [-0.05, 0) is 43.7 Å². The molecule has 3 heterocycles. The Morgan fingerprint density at radius 3 is 2.41 bits per heavy atom. The smallest absolute Gasteiger partial charge is 0.328 e. The molecule has 0 unspecified atom stereocenters. The van der Waals surface area contributed by atoms with Crippen LogP contribution in [0.4, 0.5) is 5.82 Å². The molecule has 2 fully saturated rings. The second-order valence-electron chi connectivity index (χ2n) is 9.68. The van der Waals surface area contributed by atoms with Crippen LogP contribution < -0.4 is 15.3 Å². The summed E-state index contributed by atoms with van der Waals surface area (Å²) in [5, 5.41) is 4.48. The molecule has 9 heteroatoms. The first-order valence-corrected chi connectivity index (χ1v) is 12.2. The lowest BCUT2D eigenvalue weighted by molar-refractivity contribution is -0.137. The number of rotatable bonds is 5. The summed E-state index contributed by atoms with van der Waals surface area (Å²) >= 11 is 0. The third-order valence-electron chi connectivity index (χ3n) is 7.60. The van der Waals surface area contributed by atoms with Gasteiger partial charge in [-0.25, -0.2) is 4.79 Å². The van der Waals surface area contributed by atoms with Gasteiger partial charge in [-0.3, -0.25) is 18.6 Å². The first kappa shape index (κ1) is 22.6. The normalized spacial score (nSPS) is 21.3. The topological polar surface area (TPSA) is 77.5 Å². The fourth-order valence-electron chi connectivity index (χ4n) is 5.53. The van der Waals surface area contributed by atoms with Gasteiger partial charge in [0.1, 0.15) is 5.75 Å². The summed E-state index contributed by atoms with van der Waals surface area (Å²) in [6.07, 6.45) is 5.68. The molecule has 0 N–H and O–H groups in total. The SMILES string of the molecule is COc1ccc2c(c1)n(CC1CCC(C(=O)N3CCN(c4ccn(C)n4)CC3)CC1)c(=O)n2C. The Bertz CT molecular complexity index is 1230. The van der Waals surface area contributed by atoms with Gasteiger partial charge in [-0.2, -0.15) is 5.10 Å². The van der Waals surface area contributed by atoms with Crippen LogP contribution in [-0.4, -0.2) is 63.0 Å². The Morgan fingerprint density at radius 2 is 1.76 bits per heavy atom. The lowest BCUT2D eigenvalue weighted by atomic mass is 9.81. The highest BCUT2D eigenvalue weighted by Crippen LogP contribution is 2.32. The molecular weight excluding hydrogens is 432 g/mol. The van der Waals surface area contributed by atoms with Crippen molar-refractivity contribution < 1.29 is 9.53 Å². The fourth-order valence-corrected chi connectivity index (χ4v) is 5.53. The summed E-state index contributed by atoms with van der Waals surface area (Å²) in [6.45, 7) is 3.84. The minimum Gasteiger partial charge on any atom is -0.497 e. The molecule has 182 valence electrons. The molecule has 2 aromatic heterocycles. The molecule has 34 heavy (non-hydrogen) atoms. The Morgan fingerprint density at radius 1 is 1.03 bits per heavy atom. The lowest BCUT2D eigenvalue weighted by Gasteiger charge is -2.38. The van der Waals surface area contributed by atoms with Crippen LogP contribution in [0.2, 0.25) is 0 Å². The number of piperazine rings is 1. The molecule has 0 atom stereocenters. The summed E-state index contributed by atoms with van der Waals surface area (Å²) in [5.74, 6) is 2.54. The first-order valence-electron chi connectivity index (χ1n) is 12.2. The molecular formula is C25H34N6O3. The number of benzene rings is 1. The van der Waals surface area contributed by atoms with Crippen molar-refractivity contribution in [3.05, 3.63) is 40.9 Å². The number of anilines is 1. The average molecular weight is 467 g/mol. The van der Waals surface area contributed by atoms with E-state index >= 15 is 0 Å². The zero-order chi connectivity index (χ0) is 23.8. The predicted molar refractivity (Wildman–Crippen MR) is 131 cm³/mol. The Labute approximate surface area is 199 Å². The number of fused-ring (bicyclic) bond motifs is 1. The molecule has 0 radical (unpaired) electrons. The number of nitrogens with zero attached hydrogens (tertiary/aromatic N) is 6. The van der Waals surface area contributed by atoms with Crippen molar-refractivity contribution in [2.24, 2.45) is 25.9 Å². The van der Waals surface area contributed by atoms with Gasteiger partial charge in [-0.15, -0.1) is 0 Å². The highest BCUT2D eigenvalue weighted by molar-refractivity contribution is 5.79. The van der Waals surface area contributed by atoms with Crippen molar-refractivity contribution >= 4 is 22.8 Å². The van der Waals surface area contributed by atoms with Gasteiger partial charge in [0.15, 0.2) is 5.82 Å². The van der Waals surface area contributed by atoms with Crippen LogP contribution in [0.25, 0.3) is 11.0 Å². The molecule has 3 aromatic rings. The summed E-state index contributed by atoms with van der Waals surface area (Å²) in [6, 6.07) is 7.79. The standard InChI is InChI=1S/C25H34N6O3/c1-27-11-10-23(26-27)29-12-14-30(15-13-29)24(32)19-6-4-18(5-7-19)17-31-22-16-20(34-3)8-9-21(22)28(2)25(31)33/h8-11,16,18-19H,4-7,12-15,17H2,1-3H3. The lowest BCUT2D eigenvalue weighted by Crippen LogP contribution is -2.51. The van der Waals surface area contributed by atoms with E-state index in [2.05, 4.69) is 10.00 Å². The predicted octanol–water partition coefficient (Wildman–Crippen LogP) is 2.24. The minimum atomic E-state index is 0.00669. The summed E-state index contributed by atoms with van der Waals surface area (Å²) < 4.78 is 10.8. The van der Waals surface area contributed by atoms with Crippen molar-refractivity contribution in [2.75, 3.05) is 38.2 Å². The van der Waals surface area contributed by atoms with Crippen LogP contribution in [0.5, 0.6) is 5.75 Å². The van der Waals surface area contributed by atoms with Crippen molar-refractivity contribution in [1.29, 1.82) is 0 Å². The molecule has 1 amide bonds. The molecule has 2 aliphatic rings. The van der Waals surface area contributed by atoms with Crippen LogP contribution in [0, 0.1) is 11.8 Å². The fraction of sp³-hybridized carbons (Fsp3) is 0.560. The molecule has 1 aliphatic carbocycles. The van der Waals surface area contributed by atoms with E-state index in [0.29, 0.717) is 18.4 Å². The van der Waals surface area contributed by atoms with E-state index < -0.39 is 0 Å². The third-order valence-corrected chi connectivity index (χ3v) is 7.60. The van der Waals surface area contributed by atoms with Crippen LogP contribution in [0.15, 0.2) is 35.3 Å². The molecule has 0 spiro atoms. The van der Waals surface area contributed by atoms with Gasteiger partial charge in [0.25, 0.3) is 0 Å². The van der Waals surface area contributed by atoms with E-state index in [1.54, 1.807) is 11.7 Å². The molecule has 1 saturated heterocycles. The number of hydrogen-bond donors (Lipinski definition) is 0. The van der Waals surface area contributed by atoms with E-state index in [1.165, 1.54) is 0 Å². The van der Waals surface area contributed by atoms with Gasteiger partial charge in [0, 0.05) is 71.1 Å². The summed E-state index contributed by atoms with van der Waals surface area (Å²) in [4.78, 5) is 30.4. The Hall–Kier alpha value is -3.23. The average Bonchev–Trinajstić information content (AvgIpc) is 3.41. The second-order valence-corrected chi connectivity index (χ2v) is 9.68. The van der Waals surface area contributed by atoms with E-state index in [0.717, 1.165) is 74.5 Å². The largest absolute Gasteiger partial charge is 0.497 e. The van der Waals surface area contributed by atoms with Crippen molar-refractivity contribution in [2.45, 2.75) is 32.2 Å². The maximum atomic E-state index is 13.2. The second kappa shape index (κ2) is 9.19. The number of ether oxygens (including phenoxy) is 1. The van der Waals surface area contributed by atoms with Gasteiger partial charge in [0.2, 0.25) is 5.91 Å². The number of amides is 1. The third kappa shape index (κ3) is 4.19. The Balaban J connectivity index is 1.18. The number of carbonyl (C=O) groups excluding carboxylic acids is 1. The Kier molecular flexibility index (Phi) is 6.10. The monoisotopic (exact) mass is 466 g/mol. The van der Waals surface area contributed by atoms with Crippen molar-refractivity contribution in [3.8, 4) is 5.75 Å². The van der Waals surface area contributed by atoms with Crippen LogP contribution in [0.3, 0.4) is 0 Å². The molecule has 5 rings (SSSR count). The number of methoxy groups -OCH3 is 1. The van der Waals surface area contributed by atoms with E-state index in [4.69, 9.17) is 4.74 Å². The molecule has 0 bridgehead atoms. The number of carbonyl (C=O) groups is 1. The maximum absolute atomic E-state index is 13.2. The highest BCUT2D eigenvalue weighted by atomic mass is 16.5.